The average molecular weight is 415 g/mol. The Morgan fingerprint density at radius 2 is 2.04 bits per heavy atom. The van der Waals surface area contributed by atoms with Crippen molar-refractivity contribution in [1.29, 1.82) is 0 Å². The number of thiophene rings is 1. The molecule has 0 fully saturated rings. The van der Waals surface area contributed by atoms with Gasteiger partial charge in [0.1, 0.15) is 10.2 Å². The summed E-state index contributed by atoms with van der Waals surface area (Å²) in [6, 6.07) is 2.37. The molecular weight excluding hydrogens is 402 g/mol. The van der Waals surface area contributed by atoms with Crippen LogP contribution < -0.4 is 11.1 Å². The van der Waals surface area contributed by atoms with Crippen molar-refractivity contribution in [1.82, 2.24) is 20.4 Å². The van der Waals surface area contributed by atoms with Gasteiger partial charge in [-0.15, -0.1) is 21.5 Å². The van der Waals surface area contributed by atoms with Gasteiger partial charge in [-0.3, -0.25) is 4.98 Å². The summed E-state index contributed by atoms with van der Waals surface area (Å²) in [6.07, 6.45) is 3.35. The summed E-state index contributed by atoms with van der Waals surface area (Å²) in [5.41, 5.74) is 6.74. The van der Waals surface area contributed by atoms with Crippen LogP contribution in [0, 0.1) is 0 Å². The Labute approximate surface area is 148 Å². The van der Waals surface area contributed by atoms with Gasteiger partial charge in [-0.25, -0.2) is 0 Å². The molecule has 126 valence electrons. The molecule has 0 amide bonds. The molecule has 0 radical (unpaired) electrons. The summed E-state index contributed by atoms with van der Waals surface area (Å²) in [7, 11) is 0. The maximum absolute atomic E-state index is 14.3. The number of nitrogens with two attached hydrogens (primary N) is 1. The number of nitrogens with one attached hydrogen (secondary N) is 1. The minimum atomic E-state index is -3.17. The molecule has 6 nitrogen and oxygen atoms in total. The summed E-state index contributed by atoms with van der Waals surface area (Å²) in [6.45, 7) is 1.73. The van der Waals surface area contributed by atoms with Crippen molar-refractivity contribution >= 4 is 43.3 Å². The maximum atomic E-state index is 14.3. The minimum absolute atomic E-state index is 0.179. The largest absolute Gasteiger partial charge is 0.363 e. The molecule has 0 spiro atoms. The van der Waals surface area contributed by atoms with E-state index < -0.39 is 12.0 Å². The fourth-order valence-corrected chi connectivity index (χ4v) is 4.11. The Hall–Kier alpha value is -1.78. The van der Waals surface area contributed by atoms with E-state index in [1.807, 2.05) is 12.1 Å². The number of rotatable bonds is 5. The molecule has 0 bridgehead atoms. The van der Waals surface area contributed by atoms with Gasteiger partial charge >= 0.3 is 0 Å². The Kier molecular flexibility index (Phi) is 4.70. The van der Waals surface area contributed by atoms with Crippen molar-refractivity contribution in [3.63, 3.8) is 0 Å². The average Bonchev–Trinajstić information content (AvgIpc) is 2.92. The molecule has 0 saturated carbocycles. The van der Waals surface area contributed by atoms with Gasteiger partial charge in [-0.05, 0) is 45.8 Å². The molecule has 0 aliphatic rings. The fraction of sp³-hybridized carbons (Fsp3) is 0.286. The zero-order valence-corrected chi connectivity index (χ0v) is 14.9. The van der Waals surface area contributed by atoms with Gasteiger partial charge in [-0.1, -0.05) is 0 Å². The first-order valence-corrected chi connectivity index (χ1v) is 8.60. The standard InChI is InChI=1S/C14H13BrF2N6S/c1-7(18)14(16,17)12-9(15)10-11(24-12)13(22-23-21-10)20-6-8-2-4-19-5-3-8/h2-5,7H,6,18H2,1H3,(H,20,21,22)/t7-/m0/s1. The van der Waals surface area contributed by atoms with Crippen LogP contribution >= 0.6 is 27.3 Å². The second-order valence-corrected chi connectivity index (χ2v) is 7.00. The van der Waals surface area contributed by atoms with Crippen molar-refractivity contribution in [3.05, 3.63) is 39.4 Å². The highest BCUT2D eigenvalue weighted by Gasteiger charge is 2.41. The van der Waals surface area contributed by atoms with E-state index in [0.29, 0.717) is 22.6 Å². The Balaban J connectivity index is 1.98. The lowest BCUT2D eigenvalue weighted by Crippen LogP contribution is -2.35. The molecule has 0 saturated heterocycles. The van der Waals surface area contributed by atoms with Gasteiger partial charge < -0.3 is 11.1 Å². The van der Waals surface area contributed by atoms with E-state index in [9.17, 15) is 8.78 Å². The lowest BCUT2D eigenvalue weighted by atomic mass is 10.1. The Morgan fingerprint density at radius 3 is 2.71 bits per heavy atom. The molecular formula is C14H13BrF2N6S. The normalized spacial score (nSPS) is 13.2. The van der Waals surface area contributed by atoms with Gasteiger partial charge in [0, 0.05) is 18.9 Å². The number of anilines is 1. The highest BCUT2D eigenvalue weighted by molar-refractivity contribution is 9.10. The second-order valence-electron chi connectivity index (χ2n) is 5.18. The van der Waals surface area contributed by atoms with Gasteiger partial charge in [0.05, 0.1) is 15.4 Å². The van der Waals surface area contributed by atoms with Crippen LogP contribution in [0.3, 0.4) is 0 Å². The van der Waals surface area contributed by atoms with E-state index in [-0.39, 0.29) is 9.35 Å². The third-order valence-corrected chi connectivity index (χ3v) is 5.72. The van der Waals surface area contributed by atoms with Crippen LogP contribution in [0.15, 0.2) is 29.0 Å². The number of hydrogen-bond donors (Lipinski definition) is 2. The second kappa shape index (κ2) is 6.61. The lowest BCUT2D eigenvalue weighted by Gasteiger charge is -2.18. The van der Waals surface area contributed by atoms with E-state index >= 15 is 0 Å². The van der Waals surface area contributed by atoms with Crippen LogP contribution in [-0.4, -0.2) is 26.4 Å². The number of pyridine rings is 1. The van der Waals surface area contributed by atoms with E-state index in [0.717, 1.165) is 16.9 Å². The lowest BCUT2D eigenvalue weighted by molar-refractivity contribution is -0.0224. The third-order valence-electron chi connectivity index (χ3n) is 3.41. The van der Waals surface area contributed by atoms with E-state index in [4.69, 9.17) is 5.73 Å². The van der Waals surface area contributed by atoms with E-state index in [1.54, 1.807) is 12.4 Å². The summed E-state index contributed by atoms with van der Waals surface area (Å²) < 4.78 is 29.3. The quantitative estimate of drug-likeness (QED) is 0.665. The number of fused-ring (bicyclic) bond motifs is 1. The molecule has 3 aromatic heterocycles. The number of nitrogens with zero attached hydrogens (tertiary/aromatic N) is 4. The van der Waals surface area contributed by atoms with Crippen LogP contribution in [0.25, 0.3) is 10.2 Å². The zero-order chi connectivity index (χ0) is 17.3. The van der Waals surface area contributed by atoms with E-state index in [2.05, 4.69) is 41.6 Å². The fourth-order valence-electron chi connectivity index (χ4n) is 2.03. The molecule has 0 aliphatic heterocycles. The first-order chi connectivity index (χ1) is 11.4. The van der Waals surface area contributed by atoms with Crippen LogP contribution in [-0.2, 0) is 12.5 Å². The van der Waals surface area contributed by atoms with Crippen LogP contribution in [0.4, 0.5) is 14.6 Å². The van der Waals surface area contributed by atoms with Gasteiger partial charge in [0.15, 0.2) is 5.82 Å². The first kappa shape index (κ1) is 17.1. The van der Waals surface area contributed by atoms with Crippen molar-refractivity contribution in [2.24, 2.45) is 5.73 Å². The molecule has 3 N–H and O–H groups in total. The molecule has 24 heavy (non-hydrogen) atoms. The first-order valence-electron chi connectivity index (χ1n) is 6.99. The number of halogens is 3. The predicted molar refractivity (Wildman–Crippen MR) is 92.0 cm³/mol. The minimum Gasteiger partial charge on any atom is -0.363 e. The number of alkyl halides is 2. The molecule has 3 aromatic rings. The molecule has 0 aromatic carbocycles. The predicted octanol–water partition coefficient (Wildman–Crippen LogP) is 3.29. The molecule has 3 rings (SSSR count). The summed E-state index contributed by atoms with van der Waals surface area (Å²) in [5.74, 6) is -2.78. The third kappa shape index (κ3) is 3.08. The SMILES string of the molecule is C[C@H](N)C(F)(F)c1sc2c(NCc3ccncc3)nnnc2c1Br. The Morgan fingerprint density at radius 1 is 1.33 bits per heavy atom. The highest BCUT2D eigenvalue weighted by atomic mass is 79.9. The Bertz CT molecular complexity index is 855. The summed E-state index contributed by atoms with van der Waals surface area (Å²) >= 11 is 4.10. The number of hydrogen-bond acceptors (Lipinski definition) is 7. The highest BCUT2D eigenvalue weighted by Crippen LogP contribution is 2.45. The van der Waals surface area contributed by atoms with Crippen molar-refractivity contribution in [2.45, 2.75) is 25.4 Å². The van der Waals surface area contributed by atoms with E-state index in [1.165, 1.54) is 6.92 Å². The molecule has 3 heterocycles. The van der Waals surface area contributed by atoms with Gasteiger partial charge in [0.25, 0.3) is 5.92 Å². The smallest absolute Gasteiger partial charge is 0.297 e. The molecule has 10 heteroatoms. The van der Waals surface area contributed by atoms with Crippen molar-refractivity contribution in [3.8, 4) is 0 Å². The maximum Gasteiger partial charge on any atom is 0.297 e. The van der Waals surface area contributed by atoms with Crippen molar-refractivity contribution in [2.75, 3.05) is 5.32 Å². The molecule has 0 unspecified atom stereocenters. The molecule has 1 atom stereocenters. The monoisotopic (exact) mass is 414 g/mol. The van der Waals surface area contributed by atoms with Crippen LogP contribution in [0.1, 0.15) is 17.4 Å². The van der Waals surface area contributed by atoms with Crippen LogP contribution in [0.2, 0.25) is 0 Å². The topological polar surface area (TPSA) is 89.6 Å². The van der Waals surface area contributed by atoms with Gasteiger partial charge in [-0.2, -0.15) is 8.78 Å². The van der Waals surface area contributed by atoms with Crippen LogP contribution in [0.5, 0.6) is 0 Å². The number of aromatic nitrogens is 4. The van der Waals surface area contributed by atoms with Gasteiger partial charge in [0.2, 0.25) is 0 Å². The summed E-state index contributed by atoms with van der Waals surface area (Å²) in [5, 5.41) is 14.5. The molecule has 0 aliphatic carbocycles. The summed E-state index contributed by atoms with van der Waals surface area (Å²) in [4.78, 5) is 3.76. The van der Waals surface area contributed by atoms with Crippen molar-refractivity contribution < 1.29 is 8.78 Å². The zero-order valence-electron chi connectivity index (χ0n) is 12.5.